The summed E-state index contributed by atoms with van der Waals surface area (Å²) in [6.07, 6.45) is 0. The van der Waals surface area contributed by atoms with E-state index in [0.29, 0.717) is 17.1 Å². The molecule has 2 aromatic rings. The average Bonchev–Trinajstić information content (AvgIpc) is 2.65. The van der Waals surface area contributed by atoms with Crippen LogP contribution < -0.4 is 15.2 Å². The lowest BCUT2D eigenvalue weighted by Crippen LogP contribution is -2.41. The van der Waals surface area contributed by atoms with Gasteiger partial charge in [0.1, 0.15) is 29.5 Å². The first-order valence-corrected chi connectivity index (χ1v) is 7.21. The van der Waals surface area contributed by atoms with Gasteiger partial charge in [-0.3, -0.25) is 0 Å². The van der Waals surface area contributed by atoms with Gasteiger partial charge in [0.2, 0.25) is 0 Å². The van der Waals surface area contributed by atoms with Crippen molar-refractivity contribution in [2.45, 2.75) is 6.04 Å². The van der Waals surface area contributed by atoms with Crippen molar-refractivity contribution >= 4 is 11.4 Å². The Morgan fingerprint density at radius 1 is 1.00 bits per heavy atom. The number of hydrogen-bond acceptors (Lipinski definition) is 7. The fourth-order valence-corrected chi connectivity index (χ4v) is 2.09. The summed E-state index contributed by atoms with van der Waals surface area (Å²) < 4.78 is 10.6. The predicted molar refractivity (Wildman–Crippen MR) is 90.5 cm³/mol. The molecule has 0 saturated heterocycles. The Labute approximate surface area is 139 Å². The zero-order valence-electron chi connectivity index (χ0n) is 13.2. The van der Waals surface area contributed by atoms with Gasteiger partial charge in [-0.1, -0.05) is 40.6 Å². The minimum absolute atomic E-state index is 0.0252. The number of nitrogens with two attached hydrogens (primary N) is 1. The maximum absolute atomic E-state index is 9.27. The molecule has 24 heavy (non-hydrogen) atoms. The van der Waals surface area contributed by atoms with E-state index in [1.165, 1.54) is 0 Å². The lowest BCUT2D eigenvalue weighted by Gasteiger charge is -2.15. The number of methoxy groups -OCH3 is 1. The van der Waals surface area contributed by atoms with Crippen molar-refractivity contribution in [3.05, 3.63) is 60.2 Å². The van der Waals surface area contributed by atoms with E-state index >= 15 is 0 Å². The second-order valence-corrected chi connectivity index (χ2v) is 4.89. The van der Waals surface area contributed by atoms with Gasteiger partial charge in [0.15, 0.2) is 0 Å². The largest absolute Gasteiger partial charge is 0.497 e. The SMILES string of the molecule is COc1ccc(OCC(N)C(=NO)C(=NO)c2ccccc2)cc1. The molecule has 1 atom stereocenters. The molecule has 2 rings (SSSR count). The van der Waals surface area contributed by atoms with Crippen molar-refractivity contribution in [1.82, 2.24) is 0 Å². The summed E-state index contributed by atoms with van der Waals surface area (Å²) in [5.74, 6) is 1.30. The Morgan fingerprint density at radius 3 is 2.17 bits per heavy atom. The van der Waals surface area contributed by atoms with E-state index < -0.39 is 6.04 Å². The predicted octanol–water partition coefficient (Wildman–Crippen LogP) is 2.11. The van der Waals surface area contributed by atoms with Crippen LogP contribution in [0, 0.1) is 0 Å². The van der Waals surface area contributed by atoms with E-state index in [4.69, 9.17) is 15.2 Å². The molecule has 4 N–H and O–H groups in total. The Bertz CT molecular complexity index is 700. The molecule has 0 amide bonds. The van der Waals surface area contributed by atoms with Crippen LogP contribution in [-0.2, 0) is 0 Å². The number of oxime groups is 2. The van der Waals surface area contributed by atoms with E-state index in [0.717, 1.165) is 0 Å². The Morgan fingerprint density at radius 2 is 1.62 bits per heavy atom. The summed E-state index contributed by atoms with van der Waals surface area (Å²) >= 11 is 0. The molecule has 7 nitrogen and oxygen atoms in total. The highest BCUT2D eigenvalue weighted by Gasteiger charge is 2.21. The number of rotatable bonds is 7. The second kappa shape index (κ2) is 8.54. The Hall–Kier alpha value is -3.06. The fourth-order valence-electron chi connectivity index (χ4n) is 2.09. The standard InChI is InChI=1S/C17H19N3O4/c1-23-13-7-9-14(10-8-13)24-11-15(18)17(20-22)16(19-21)12-5-3-2-4-6-12/h2-10,15,21-22H,11,18H2,1H3. The number of benzene rings is 2. The maximum atomic E-state index is 9.27. The van der Waals surface area contributed by atoms with E-state index in [1.807, 2.05) is 6.07 Å². The molecule has 2 aromatic carbocycles. The average molecular weight is 329 g/mol. The molecular weight excluding hydrogens is 310 g/mol. The molecule has 0 fully saturated rings. The summed E-state index contributed by atoms with van der Waals surface area (Å²) in [7, 11) is 1.58. The van der Waals surface area contributed by atoms with Gasteiger partial charge in [-0.2, -0.15) is 0 Å². The molecule has 0 spiro atoms. The molecule has 0 saturated carbocycles. The highest BCUT2D eigenvalue weighted by atomic mass is 16.5. The zero-order chi connectivity index (χ0) is 17.4. The van der Waals surface area contributed by atoms with Gasteiger partial charge in [0.25, 0.3) is 0 Å². The van der Waals surface area contributed by atoms with Crippen LogP contribution in [0.3, 0.4) is 0 Å². The third-order valence-corrected chi connectivity index (χ3v) is 3.34. The molecule has 0 bridgehead atoms. The molecule has 0 heterocycles. The van der Waals surface area contributed by atoms with E-state index in [2.05, 4.69) is 10.3 Å². The van der Waals surface area contributed by atoms with E-state index in [-0.39, 0.29) is 18.0 Å². The van der Waals surface area contributed by atoms with Crippen LogP contribution in [0.1, 0.15) is 5.56 Å². The summed E-state index contributed by atoms with van der Waals surface area (Å²) in [5.41, 5.74) is 6.70. The molecule has 7 heteroatoms. The van der Waals surface area contributed by atoms with Gasteiger partial charge < -0.3 is 25.6 Å². The molecule has 0 aliphatic carbocycles. The van der Waals surface area contributed by atoms with Crippen LogP contribution in [-0.4, -0.2) is 41.6 Å². The van der Waals surface area contributed by atoms with Gasteiger partial charge in [0.05, 0.1) is 13.2 Å². The third-order valence-electron chi connectivity index (χ3n) is 3.34. The van der Waals surface area contributed by atoms with Crippen molar-refractivity contribution in [3.63, 3.8) is 0 Å². The van der Waals surface area contributed by atoms with Crippen LogP contribution in [0.2, 0.25) is 0 Å². The van der Waals surface area contributed by atoms with Gasteiger partial charge in [0, 0.05) is 5.56 Å². The van der Waals surface area contributed by atoms with E-state index in [9.17, 15) is 10.4 Å². The topological polar surface area (TPSA) is 110 Å². The van der Waals surface area contributed by atoms with Crippen LogP contribution >= 0.6 is 0 Å². The zero-order valence-corrected chi connectivity index (χ0v) is 13.2. The Balaban J connectivity index is 2.06. The molecule has 0 radical (unpaired) electrons. The fraction of sp³-hybridized carbons (Fsp3) is 0.176. The molecule has 0 aliphatic rings. The van der Waals surface area contributed by atoms with Gasteiger partial charge in [-0.25, -0.2) is 0 Å². The summed E-state index contributed by atoms with van der Waals surface area (Å²) in [4.78, 5) is 0. The summed E-state index contributed by atoms with van der Waals surface area (Å²) in [6.45, 7) is 0.0393. The summed E-state index contributed by atoms with van der Waals surface area (Å²) in [6, 6.07) is 15.0. The van der Waals surface area contributed by atoms with Gasteiger partial charge in [-0.05, 0) is 24.3 Å². The number of nitrogens with zero attached hydrogens (tertiary/aromatic N) is 2. The second-order valence-electron chi connectivity index (χ2n) is 4.89. The summed E-state index contributed by atoms with van der Waals surface area (Å²) in [5, 5.41) is 24.9. The lowest BCUT2D eigenvalue weighted by atomic mass is 10.0. The number of ether oxygens (including phenoxy) is 2. The van der Waals surface area contributed by atoms with Crippen LogP contribution in [0.5, 0.6) is 11.5 Å². The minimum Gasteiger partial charge on any atom is -0.497 e. The maximum Gasteiger partial charge on any atom is 0.136 e. The molecule has 0 aromatic heterocycles. The molecular formula is C17H19N3O4. The normalized spacial score (nSPS) is 13.4. The van der Waals surface area contributed by atoms with Crippen molar-refractivity contribution in [3.8, 4) is 11.5 Å². The third kappa shape index (κ3) is 4.23. The van der Waals surface area contributed by atoms with Crippen molar-refractivity contribution < 1.29 is 19.9 Å². The van der Waals surface area contributed by atoms with Crippen LogP contribution in [0.4, 0.5) is 0 Å². The first-order chi connectivity index (χ1) is 11.7. The van der Waals surface area contributed by atoms with E-state index in [1.54, 1.807) is 55.6 Å². The minimum atomic E-state index is -0.789. The highest BCUT2D eigenvalue weighted by Crippen LogP contribution is 2.17. The quantitative estimate of drug-likeness (QED) is 0.409. The van der Waals surface area contributed by atoms with Crippen LogP contribution in [0.15, 0.2) is 64.9 Å². The smallest absolute Gasteiger partial charge is 0.136 e. The number of hydrogen-bond donors (Lipinski definition) is 3. The molecule has 1 unspecified atom stereocenters. The first-order valence-electron chi connectivity index (χ1n) is 7.21. The highest BCUT2D eigenvalue weighted by molar-refractivity contribution is 6.49. The monoisotopic (exact) mass is 329 g/mol. The van der Waals surface area contributed by atoms with Crippen molar-refractivity contribution in [2.75, 3.05) is 13.7 Å². The lowest BCUT2D eigenvalue weighted by molar-refractivity contribution is 0.295. The van der Waals surface area contributed by atoms with Gasteiger partial charge >= 0.3 is 0 Å². The van der Waals surface area contributed by atoms with Gasteiger partial charge in [-0.15, -0.1) is 0 Å². The first kappa shape index (κ1) is 17.3. The molecule has 0 aliphatic heterocycles. The Kier molecular flexibility index (Phi) is 6.16. The van der Waals surface area contributed by atoms with Crippen LogP contribution in [0.25, 0.3) is 0 Å². The van der Waals surface area contributed by atoms with Crippen molar-refractivity contribution in [2.24, 2.45) is 16.0 Å². The van der Waals surface area contributed by atoms with Crippen molar-refractivity contribution in [1.29, 1.82) is 0 Å². The molecule has 126 valence electrons.